The summed E-state index contributed by atoms with van der Waals surface area (Å²) >= 11 is 1.27. The molecule has 0 bridgehead atoms. The number of nitriles is 1. The van der Waals surface area contributed by atoms with Crippen LogP contribution < -0.4 is 16.0 Å². The fraction of sp³-hybridized carbons (Fsp3) is 0.333. The minimum atomic E-state index is -0.235. The maximum absolute atomic E-state index is 11.6. The molecule has 0 spiro atoms. The Morgan fingerprint density at radius 2 is 2.47 bits per heavy atom. The molecule has 0 aliphatic carbocycles. The minimum absolute atomic E-state index is 0.0186. The molecule has 5 nitrogen and oxygen atoms in total. The van der Waals surface area contributed by atoms with E-state index in [2.05, 4.69) is 22.0 Å². The van der Waals surface area contributed by atoms with Crippen LogP contribution in [-0.2, 0) is 4.79 Å². The number of carbonyl (C=O) groups excluding carboxylic acids is 1. The highest BCUT2D eigenvalue weighted by molar-refractivity contribution is 8.15. The number of hydrogen-bond donors (Lipinski definition) is 3. The highest BCUT2D eigenvalue weighted by atomic mass is 32.2. The standard InChI is InChI=1S/C9H8N4OS/c10-1-4-2-11-8-5-6(4)12-3-13-7(5)9(14)15-8/h2,7-8,11-13H,3H2. The number of nitrogens with one attached hydrogen (secondary N) is 3. The van der Waals surface area contributed by atoms with Gasteiger partial charge in [-0.1, -0.05) is 11.8 Å². The molecule has 2 atom stereocenters. The third-order valence-electron chi connectivity index (χ3n) is 2.69. The SMILES string of the molecule is N#CC1=CNC2SC(=O)C3NCNC1=C23. The molecule has 2 unspecified atom stereocenters. The summed E-state index contributed by atoms with van der Waals surface area (Å²) in [6.45, 7) is 0.529. The van der Waals surface area contributed by atoms with Crippen LogP contribution in [-0.4, -0.2) is 23.2 Å². The summed E-state index contributed by atoms with van der Waals surface area (Å²) in [6, 6.07) is 1.88. The molecule has 76 valence electrons. The van der Waals surface area contributed by atoms with Crippen LogP contribution in [0.5, 0.6) is 0 Å². The number of hydrogen-bond acceptors (Lipinski definition) is 6. The van der Waals surface area contributed by atoms with Gasteiger partial charge in [0, 0.05) is 11.8 Å². The van der Waals surface area contributed by atoms with E-state index >= 15 is 0 Å². The Kier molecular flexibility index (Phi) is 1.78. The Balaban J connectivity index is 2.13. The molecular weight excluding hydrogens is 212 g/mol. The molecule has 0 aromatic carbocycles. The first-order valence-electron chi connectivity index (χ1n) is 4.60. The summed E-state index contributed by atoms with van der Waals surface area (Å²) in [6.07, 6.45) is 1.67. The topological polar surface area (TPSA) is 77.0 Å². The maximum atomic E-state index is 11.6. The molecule has 3 heterocycles. The highest BCUT2D eigenvalue weighted by Crippen LogP contribution is 2.38. The molecule has 0 radical (unpaired) electrons. The normalized spacial score (nSPS) is 32.5. The summed E-state index contributed by atoms with van der Waals surface area (Å²) in [4.78, 5) is 11.6. The van der Waals surface area contributed by atoms with Gasteiger partial charge >= 0.3 is 0 Å². The molecule has 1 saturated heterocycles. The fourth-order valence-electron chi connectivity index (χ4n) is 2.03. The zero-order valence-electron chi connectivity index (χ0n) is 7.70. The molecule has 3 aliphatic rings. The molecule has 0 aromatic heterocycles. The van der Waals surface area contributed by atoms with Gasteiger partial charge in [-0.3, -0.25) is 10.1 Å². The molecule has 3 rings (SSSR count). The highest BCUT2D eigenvalue weighted by Gasteiger charge is 2.44. The second kappa shape index (κ2) is 3.02. The van der Waals surface area contributed by atoms with Gasteiger partial charge in [0.15, 0.2) is 0 Å². The number of nitrogens with zero attached hydrogens (tertiary/aromatic N) is 1. The van der Waals surface area contributed by atoms with Crippen LogP contribution in [0.3, 0.4) is 0 Å². The number of thioether (sulfide) groups is 1. The van der Waals surface area contributed by atoms with Crippen LogP contribution in [0.4, 0.5) is 0 Å². The molecule has 0 saturated carbocycles. The van der Waals surface area contributed by atoms with E-state index in [4.69, 9.17) is 5.26 Å². The van der Waals surface area contributed by atoms with Crippen LogP contribution in [0.25, 0.3) is 0 Å². The van der Waals surface area contributed by atoms with Crippen molar-refractivity contribution in [3.63, 3.8) is 0 Å². The zero-order valence-corrected chi connectivity index (χ0v) is 8.52. The molecule has 6 heteroatoms. The number of dihydropyridines is 1. The van der Waals surface area contributed by atoms with Crippen molar-refractivity contribution in [2.45, 2.75) is 11.4 Å². The number of carbonyl (C=O) groups is 1. The third-order valence-corrected chi connectivity index (χ3v) is 3.79. The Hall–Kier alpha value is -1.45. The van der Waals surface area contributed by atoms with Gasteiger partial charge in [-0.05, 0) is 0 Å². The second-order valence-corrected chi connectivity index (χ2v) is 4.58. The number of allylic oxidation sites excluding steroid dienone is 1. The van der Waals surface area contributed by atoms with Gasteiger partial charge in [0.25, 0.3) is 0 Å². The lowest BCUT2D eigenvalue weighted by atomic mass is 9.98. The Labute approximate surface area is 90.6 Å². The average Bonchev–Trinajstić information content (AvgIpc) is 2.59. The molecule has 0 aromatic rings. The fourth-order valence-corrected chi connectivity index (χ4v) is 3.13. The molecule has 3 aliphatic heterocycles. The van der Waals surface area contributed by atoms with Crippen LogP contribution in [0.1, 0.15) is 0 Å². The van der Waals surface area contributed by atoms with Crippen molar-refractivity contribution in [2.24, 2.45) is 0 Å². The predicted molar refractivity (Wildman–Crippen MR) is 55.2 cm³/mol. The minimum Gasteiger partial charge on any atom is -0.374 e. The van der Waals surface area contributed by atoms with E-state index in [1.807, 2.05) is 0 Å². The first-order chi connectivity index (χ1) is 7.31. The van der Waals surface area contributed by atoms with Gasteiger partial charge in [0.1, 0.15) is 17.5 Å². The molecule has 3 N–H and O–H groups in total. The van der Waals surface area contributed by atoms with E-state index in [0.29, 0.717) is 12.2 Å². The van der Waals surface area contributed by atoms with E-state index in [9.17, 15) is 4.79 Å². The maximum Gasteiger partial charge on any atom is 0.212 e. The van der Waals surface area contributed by atoms with E-state index < -0.39 is 0 Å². The van der Waals surface area contributed by atoms with Gasteiger partial charge in [0.05, 0.1) is 17.9 Å². The Morgan fingerprint density at radius 3 is 3.27 bits per heavy atom. The van der Waals surface area contributed by atoms with Gasteiger partial charge < -0.3 is 10.6 Å². The van der Waals surface area contributed by atoms with Gasteiger partial charge in [-0.15, -0.1) is 0 Å². The van der Waals surface area contributed by atoms with E-state index in [0.717, 1.165) is 11.3 Å². The van der Waals surface area contributed by atoms with Crippen molar-refractivity contribution in [1.29, 1.82) is 5.26 Å². The van der Waals surface area contributed by atoms with Gasteiger partial charge in [-0.2, -0.15) is 5.26 Å². The van der Waals surface area contributed by atoms with Crippen molar-refractivity contribution in [1.82, 2.24) is 16.0 Å². The predicted octanol–water partition coefficient (Wildman–Crippen LogP) is -0.630. The summed E-state index contributed by atoms with van der Waals surface area (Å²) in [7, 11) is 0. The van der Waals surface area contributed by atoms with E-state index in [-0.39, 0.29) is 16.5 Å². The molecular formula is C9H8N4OS. The number of rotatable bonds is 0. The van der Waals surface area contributed by atoms with Gasteiger partial charge in [-0.25, -0.2) is 0 Å². The summed E-state index contributed by atoms with van der Waals surface area (Å²) in [5.74, 6) is 0. The first kappa shape index (κ1) is 8.83. The lowest BCUT2D eigenvalue weighted by molar-refractivity contribution is -0.111. The monoisotopic (exact) mass is 220 g/mol. The molecule has 1 fully saturated rings. The Morgan fingerprint density at radius 1 is 1.60 bits per heavy atom. The summed E-state index contributed by atoms with van der Waals surface area (Å²) < 4.78 is 0. The van der Waals surface area contributed by atoms with E-state index in [1.54, 1.807) is 6.20 Å². The van der Waals surface area contributed by atoms with Crippen molar-refractivity contribution >= 4 is 16.9 Å². The van der Waals surface area contributed by atoms with Crippen molar-refractivity contribution < 1.29 is 4.79 Å². The van der Waals surface area contributed by atoms with Gasteiger partial charge in [0.2, 0.25) is 5.12 Å². The average molecular weight is 220 g/mol. The largest absolute Gasteiger partial charge is 0.374 e. The van der Waals surface area contributed by atoms with Crippen LogP contribution >= 0.6 is 11.8 Å². The second-order valence-electron chi connectivity index (χ2n) is 3.47. The quantitative estimate of drug-likeness (QED) is 0.504. The van der Waals surface area contributed by atoms with Crippen molar-refractivity contribution in [3.8, 4) is 6.07 Å². The lowest BCUT2D eigenvalue weighted by Gasteiger charge is -2.29. The zero-order chi connectivity index (χ0) is 10.4. The van der Waals surface area contributed by atoms with Crippen molar-refractivity contribution in [2.75, 3.05) is 6.67 Å². The third kappa shape index (κ3) is 1.11. The van der Waals surface area contributed by atoms with E-state index in [1.165, 1.54) is 11.8 Å². The molecule has 0 amide bonds. The molecule has 15 heavy (non-hydrogen) atoms. The van der Waals surface area contributed by atoms with Crippen LogP contribution in [0.2, 0.25) is 0 Å². The van der Waals surface area contributed by atoms with Crippen LogP contribution in [0.15, 0.2) is 23.0 Å². The smallest absolute Gasteiger partial charge is 0.212 e. The van der Waals surface area contributed by atoms with Crippen molar-refractivity contribution in [3.05, 3.63) is 23.0 Å². The summed E-state index contributed by atoms with van der Waals surface area (Å²) in [5, 5.41) is 18.3. The Bertz CT molecular complexity index is 448. The van der Waals surface area contributed by atoms with Crippen LogP contribution in [0, 0.1) is 11.3 Å². The first-order valence-corrected chi connectivity index (χ1v) is 5.48. The lowest BCUT2D eigenvalue weighted by Crippen LogP contribution is -2.48. The summed E-state index contributed by atoms with van der Waals surface area (Å²) in [5.41, 5.74) is 2.36.